The smallest absolute Gasteiger partial charge is 0.332 e. The Hall–Kier alpha value is -2.26. The molecule has 0 aliphatic heterocycles. The summed E-state index contributed by atoms with van der Waals surface area (Å²) in [6, 6.07) is 7.80. The molecule has 1 aromatic heterocycles. The molecule has 1 saturated carbocycles. The maximum Gasteiger partial charge on any atom is 0.332 e. The molecule has 28 heavy (non-hydrogen) atoms. The van der Waals surface area contributed by atoms with Gasteiger partial charge in [0.05, 0.1) is 4.92 Å². The fraction of sp³-hybridized carbons (Fsp3) is 0.474. The number of anilines is 2. The Morgan fingerprint density at radius 3 is 2.50 bits per heavy atom. The number of hydrogen-bond donors (Lipinski definition) is 3. The number of aromatic nitrogens is 2. The second-order valence-corrected chi connectivity index (χ2v) is 8.11. The number of nitro groups is 1. The van der Waals surface area contributed by atoms with Crippen LogP contribution in [0.3, 0.4) is 0 Å². The van der Waals surface area contributed by atoms with Crippen molar-refractivity contribution in [2.45, 2.75) is 38.6 Å². The first-order valence-corrected chi connectivity index (χ1v) is 10.2. The molecule has 0 unspecified atom stereocenters. The van der Waals surface area contributed by atoms with Crippen LogP contribution in [0, 0.1) is 22.0 Å². The molecule has 1 fully saturated rings. The van der Waals surface area contributed by atoms with Crippen molar-refractivity contribution in [3.8, 4) is 0 Å². The van der Waals surface area contributed by atoms with E-state index in [-0.39, 0.29) is 11.5 Å². The molecule has 5 N–H and O–H groups in total. The molecular formula is C19H25BrN6O2. The molecule has 1 aromatic carbocycles. The quantitative estimate of drug-likeness (QED) is 0.434. The fourth-order valence-corrected chi connectivity index (χ4v) is 4.13. The zero-order valence-corrected chi connectivity index (χ0v) is 17.2. The van der Waals surface area contributed by atoms with E-state index in [9.17, 15) is 10.1 Å². The maximum absolute atomic E-state index is 11.5. The van der Waals surface area contributed by atoms with E-state index in [2.05, 4.69) is 31.2 Å². The van der Waals surface area contributed by atoms with Gasteiger partial charge in [-0.3, -0.25) is 10.1 Å². The van der Waals surface area contributed by atoms with Gasteiger partial charge in [-0.25, -0.2) is 4.98 Å². The number of benzene rings is 1. The van der Waals surface area contributed by atoms with Gasteiger partial charge in [-0.1, -0.05) is 34.1 Å². The van der Waals surface area contributed by atoms with Crippen molar-refractivity contribution in [2.24, 2.45) is 17.6 Å². The minimum atomic E-state index is -0.478. The van der Waals surface area contributed by atoms with Gasteiger partial charge in [-0.15, -0.1) is 0 Å². The Bertz CT molecular complexity index is 839. The third kappa shape index (κ3) is 4.96. The number of nitrogen functional groups attached to an aromatic ring is 1. The molecule has 0 spiro atoms. The van der Waals surface area contributed by atoms with Crippen LogP contribution in [0.2, 0.25) is 0 Å². The average molecular weight is 449 g/mol. The summed E-state index contributed by atoms with van der Waals surface area (Å²) in [6.07, 6.45) is 4.65. The number of rotatable bonds is 7. The first kappa shape index (κ1) is 20.5. The van der Waals surface area contributed by atoms with E-state index in [1.54, 1.807) is 0 Å². The largest absolute Gasteiger partial charge is 0.378 e. The van der Waals surface area contributed by atoms with Gasteiger partial charge in [0.1, 0.15) is 5.69 Å². The van der Waals surface area contributed by atoms with Crippen molar-refractivity contribution in [3.05, 3.63) is 50.1 Å². The van der Waals surface area contributed by atoms with Crippen LogP contribution in [0.5, 0.6) is 0 Å². The van der Waals surface area contributed by atoms with Crippen molar-refractivity contribution < 1.29 is 4.92 Å². The van der Waals surface area contributed by atoms with Gasteiger partial charge in [0, 0.05) is 11.0 Å². The van der Waals surface area contributed by atoms with Crippen LogP contribution in [-0.2, 0) is 13.0 Å². The predicted octanol–water partition coefficient (Wildman–Crippen LogP) is 3.65. The molecule has 1 aliphatic rings. The van der Waals surface area contributed by atoms with Crippen LogP contribution >= 0.6 is 15.9 Å². The predicted molar refractivity (Wildman–Crippen MR) is 113 cm³/mol. The van der Waals surface area contributed by atoms with E-state index in [4.69, 9.17) is 11.5 Å². The average Bonchev–Trinajstić information content (AvgIpc) is 2.67. The van der Waals surface area contributed by atoms with Gasteiger partial charge in [0.25, 0.3) is 0 Å². The normalized spacial score (nSPS) is 19.4. The molecule has 2 aromatic rings. The summed E-state index contributed by atoms with van der Waals surface area (Å²) in [7, 11) is 0. The molecule has 1 aliphatic carbocycles. The van der Waals surface area contributed by atoms with Crippen LogP contribution in [0.1, 0.15) is 36.9 Å². The minimum Gasteiger partial charge on any atom is -0.378 e. The van der Waals surface area contributed by atoms with Crippen molar-refractivity contribution in [2.75, 3.05) is 17.6 Å². The van der Waals surface area contributed by atoms with Crippen LogP contribution in [0.4, 0.5) is 17.5 Å². The summed E-state index contributed by atoms with van der Waals surface area (Å²) in [5.74, 6) is 1.12. The molecule has 0 bridgehead atoms. The van der Waals surface area contributed by atoms with Gasteiger partial charge < -0.3 is 16.8 Å². The maximum atomic E-state index is 11.5. The Morgan fingerprint density at radius 2 is 1.86 bits per heavy atom. The van der Waals surface area contributed by atoms with Crippen molar-refractivity contribution in [1.29, 1.82) is 0 Å². The van der Waals surface area contributed by atoms with Crippen LogP contribution < -0.4 is 16.8 Å². The van der Waals surface area contributed by atoms with E-state index in [0.29, 0.717) is 43.0 Å². The lowest BCUT2D eigenvalue weighted by atomic mass is 9.80. The zero-order chi connectivity index (χ0) is 20.1. The molecule has 3 rings (SSSR count). The Morgan fingerprint density at radius 1 is 1.18 bits per heavy atom. The van der Waals surface area contributed by atoms with Gasteiger partial charge in [0.15, 0.2) is 0 Å². The first-order chi connectivity index (χ1) is 13.5. The number of nitrogens with two attached hydrogens (primary N) is 2. The SMILES string of the molecule is NCC1CCC(Cc2nc(NCc3ccccc3Br)nc(N)c2[N+](=O)[O-])CC1. The highest BCUT2D eigenvalue weighted by atomic mass is 79.9. The van der Waals surface area contributed by atoms with Crippen LogP contribution in [0.25, 0.3) is 0 Å². The lowest BCUT2D eigenvalue weighted by Crippen LogP contribution is -2.23. The summed E-state index contributed by atoms with van der Waals surface area (Å²) in [5, 5.41) is 14.7. The first-order valence-electron chi connectivity index (χ1n) is 9.46. The molecule has 0 atom stereocenters. The van der Waals surface area contributed by atoms with E-state index < -0.39 is 4.92 Å². The van der Waals surface area contributed by atoms with E-state index in [1.807, 2.05) is 24.3 Å². The fourth-order valence-electron chi connectivity index (χ4n) is 3.70. The topological polar surface area (TPSA) is 133 Å². The number of halogens is 1. The van der Waals surface area contributed by atoms with Crippen molar-refractivity contribution in [1.82, 2.24) is 9.97 Å². The number of nitrogens with one attached hydrogen (secondary N) is 1. The zero-order valence-electron chi connectivity index (χ0n) is 15.6. The third-order valence-corrected chi connectivity index (χ3v) is 6.12. The summed E-state index contributed by atoms with van der Waals surface area (Å²) in [4.78, 5) is 19.6. The molecule has 0 amide bonds. The highest BCUT2D eigenvalue weighted by Crippen LogP contribution is 2.34. The van der Waals surface area contributed by atoms with Gasteiger partial charge in [0.2, 0.25) is 11.8 Å². The molecule has 1 heterocycles. The summed E-state index contributed by atoms with van der Waals surface area (Å²) in [6.45, 7) is 1.19. The molecule has 0 radical (unpaired) electrons. The van der Waals surface area contributed by atoms with Crippen molar-refractivity contribution >= 4 is 33.4 Å². The van der Waals surface area contributed by atoms with Gasteiger partial charge >= 0.3 is 5.69 Å². The van der Waals surface area contributed by atoms with Crippen LogP contribution in [0.15, 0.2) is 28.7 Å². The Labute approximate surface area is 172 Å². The lowest BCUT2D eigenvalue weighted by molar-refractivity contribution is -0.385. The van der Waals surface area contributed by atoms with Gasteiger partial charge in [-0.2, -0.15) is 4.98 Å². The second kappa shape index (κ2) is 9.29. The molecule has 150 valence electrons. The molecule has 8 nitrogen and oxygen atoms in total. The molecule has 0 saturated heterocycles. The summed E-state index contributed by atoms with van der Waals surface area (Å²) >= 11 is 3.50. The second-order valence-electron chi connectivity index (χ2n) is 7.26. The number of nitrogens with zero attached hydrogens (tertiary/aromatic N) is 3. The molecule has 9 heteroatoms. The van der Waals surface area contributed by atoms with E-state index in [1.165, 1.54) is 0 Å². The highest BCUT2D eigenvalue weighted by molar-refractivity contribution is 9.10. The third-order valence-electron chi connectivity index (χ3n) is 5.34. The number of hydrogen-bond acceptors (Lipinski definition) is 7. The Balaban J connectivity index is 1.77. The Kier molecular flexibility index (Phi) is 6.79. The summed E-state index contributed by atoms with van der Waals surface area (Å²) < 4.78 is 0.967. The lowest BCUT2D eigenvalue weighted by Gasteiger charge is -2.27. The minimum absolute atomic E-state index is 0.0970. The monoisotopic (exact) mass is 448 g/mol. The van der Waals surface area contributed by atoms with Gasteiger partial charge in [-0.05, 0) is 62.1 Å². The highest BCUT2D eigenvalue weighted by Gasteiger charge is 2.27. The van der Waals surface area contributed by atoms with Crippen molar-refractivity contribution in [3.63, 3.8) is 0 Å². The van der Waals surface area contributed by atoms with Crippen LogP contribution in [-0.4, -0.2) is 21.4 Å². The van der Waals surface area contributed by atoms with E-state index >= 15 is 0 Å². The standard InChI is InChI=1S/C19H25BrN6O2/c20-15-4-2-1-3-14(15)11-23-19-24-16(17(26(27)28)18(22)25-19)9-12-5-7-13(10-21)8-6-12/h1-4,12-13H,5-11,21H2,(H3,22,23,24,25). The molecular weight excluding hydrogens is 424 g/mol. The van der Waals surface area contributed by atoms with E-state index in [0.717, 1.165) is 35.7 Å². The summed E-state index contributed by atoms with van der Waals surface area (Å²) in [5.41, 5.74) is 12.9.